The number of hydrogen-bond acceptors (Lipinski definition) is 4. The molecule has 1 amide bonds. The Labute approximate surface area is 172 Å². The van der Waals surface area contributed by atoms with Gasteiger partial charge in [0.05, 0.1) is 0 Å². The van der Waals surface area contributed by atoms with E-state index in [2.05, 4.69) is 20.9 Å². The minimum absolute atomic E-state index is 0.141. The molecule has 0 atom stereocenters. The van der Waals surface area contributed by atoms with E-state index in [0.29, 0.717) is 38.8 Å². The highest BCUT2D eigenvalue weighted by Crippen LogP contribution is 2.34. The molecule has 1 fully saturated rings. The summed E-state index contributed by atoms with van der Waals surface area (Å²) < 4.78 is 24.1. The second-order valence-corrected chi connectivity index (χ2v) is 8.18. The molecule has 1 aliphatic rings. The third kappa shape index (κ3) is 7.53. The van der Waals surface area contributed by atoms with Crippen LogP contribution in [-0.2, 0) is 14.9 Å². The largest absolute Gasteiger partial charge is 0.444 e. The van der Waals surface area contributed by atoms with E-state index >= 15 is 0 Å². The van der Waals surface area contributed by atoms with Crippen LogP contribution in [0.15, 0.2) is 29.3 Å². The zero-order chi connectivity index (χ0) is 21.3. The third-order valence-electron chi connectivity index (χ3n) is 4.81. The van der Waals surface area contributed by atoms with Crippen LogP contribution in [0.5, 0.6) is 0 Å². The van der Waals surface area contributed by atoms with Crippen molar-refractivity contribution in [2.75, 3.05) is 39.9 Å². The van der Waals surface area contributed by atoms with E-state index in [1.165, 1.54) is 12.1 Å². The van der Waals surface area contributed by atoms with Crippen LogP contribution in [0.25, 0.3) is 0 Å². The van der Waals surface area contributed by atoms with Gasteiger partial charge in [0.1, 0.15) is 11.4 Å². The van der Waals surface area contributed by atoms with Crippen molar-refractivity contribution in [3.63, 3.8) is 0 Å². The van der Waals surface area contributed by atoms with Crippen molar-refractivity contribution < 1.29 is 18.7 Å². The maximum Gasteiger partial charge on any atom is 0.407 e. The molecule has 1 heterocycles. The number of carbonyl (C=O) groups excluding carboxylic acids is 1. The number of carbonyl (C=O) groups is 1. The van der Waals surface area contributed by atoms with Crippen molar-refractivity contribution in [2.45, 2.75) is 44.6 Å². The van der Waals surface area contributed by atoms with Crippen LogP contribution in [0.2, 0.25) is 0 Å². The Kier molecular flexibility index (Phi) is 8.25. The summed E-state index contributed by atoms with van der Waals surface area (Å²) in [5.41, 5.74) is 0.433. The minimum Gasteiger partial charge on any atom is -0.444 e. The number of hydrogen-bond donors (Lipinski definition) is 3. The van der Waals surface area contributed by atoms with Gasteiger partial charge in [-0.2, -0.15) is 0 Å². The van der Waals surface area contributed by atoms with E-state index < -0.39 is 11.7 Å². The zero-order valence-corrected chi connectivity index (χ0v) is 17.8. The summed E-state index contributed by atoms with van der Waals surface area (Å²) in [6, 6.07) is 6.70. The number of halogens is 1. The summed E-state index contributed by atoms with van der Waals surface area (Å²) >= 11 is 0. The van der Waals surface area contributed by atoms with Crippen LogP contribution in [-0.4, -0.2) is 57.5 Å². The van der Waals surface area contributed by atoms with E-state index in [0.717, 1.165) is 18.4 Å². The third-order valence-corrected chi connectivity index (χ3v) is 4.81. The number of amides is 1. The second kappa shape index (κ2) is 10.4. The predicted octanol–water partition coefficient (Wildman–Crippen LogP) is 2.56. The van der Waals surface area contributed by atoms with Gasteiger partial charge in [-0.15, -0.1) is 0 Å². The number of rotatable bonds is 6. The molecule has 2 rings (SSSR count). The molecule has 1 saturated heterocycles. The molecule has 0 radical (unpaired) electrons. The standard InChI is InChI=1S/C21H33FN4O3/c1-20(2,3)29-19(27)25-12-11-24-18(23-4)26-15-21(9-13-28-14-10-21)16-5-7-17(22)8-6-16/h5-8H,9-15H2,1-4H3,(H,25,27)(H2,23,24,26). The van der Waals surface area contributed by atoms with Crippen LogP contribution in [0.4, 0.5) is 9.18 Å². The highest BCUT2D eigenvalue weighted by atomic mass is 19.1. The molecule has 1 aliphatic heterocycles. The van der Waals surface area contributed by atoms with Crippen LogP contribution >= 0.6 is 0 Å². The molecule has 29 heavy (non-hydrogen) atoms. The Bertz CT molecular complexity index is 680. The van der Waals surface area contributed by atoms with Crippen molar-refractivity contribution in [3.8, 4) is 0 Å². The minimum atomic E-state index is -0.520. The van der Waals surface area contributed by atoms with Crippen LogP contribution in [0.3, 0.4) is 0 Å². The number of alkyl carbamates (subject to hydrolysis) is 1. The normalized spacial score (nSPS) is 16.8. The van der Waals surface area contributed by atoms with Crippen LogP contribution in [0, 0.1) is 5.82 Å². The molecule has 0 spiro atoms. The van der Waals surface area contributed by atoms with Gasteiger partial charge < -0.3 is 25.4 Å². The van der Waals surface area contributed by atoms with Crippen LogP contribution < -0.4 is 16.0 Å². The van der Waals surface area contributed by atoms with Crippen LogP contribution in [0.1, 0.15) is 39.2 Å². The van der Waals surface area contributed by atoms with Gasteiger partial charge in [-0.1, -0.05) is 12.1 Å². The molecule has 0 saturated carbocycles. The molecular weight excluding hydrogens is 375 g/mol. The summed E-state index contributed by atoms with van der Waals surface area (Å²) in [5.74, 6) is 0.405. The number of benzene rings is 1. The highest BCUT2D eigenvalue weighted by molar-refractivity contribution is 5.79. The molecule has 0 aliphatic carbocycles. The summed E-state index contributed by atoms with van der Waals surface area (Å²) in [6.07, 6.45) is 1.26. The Balaban J connectivity index is 1.86. The zero-order valence-electron chi connectivity index (χ0n) is 17.8. The van der Waals surface area contributed by atoms with E-state index in [1.807, 2.05) is 32.9 Å². The average Bonchev–Trinajstić information content (AvgIpc) is 2.67. The van der Waals surface area contributed by atoms with Crippen molar-refractivity contribution in [2.24, 2.45) is 4.99 Å². The number of aliphatic imine (C=N–C) groups is 1. The SMILES string of the molecule is CN=C(NCCNC(=O)OC(C)(C)C)NCC1(c2ccc(F)cc2)CCOCC1. The lowest BCUT2D eigenvalue weighted by molar-refractivity contribution is 0.0513. The molecule has 8 heteroatoms. The summed E-state index contributed by atoms with van der Waals surface area (Å²) in [6.45, 7) is 8.38. The first-order valence-corrected chi connectivity index (χ1v) is 9.99. The molecule has 0 aromatic heterocycles. The lowest BCUT2D eigenvalue weighted by atomic mass is 9.74. The molecule has 0 bridgehead atoms. The number of ether oxygens (including phenoxy) is 2. The van der Waals surface area contributed by atoms with Gasteiger partial charge in [0.15, 0.2) is 5.96 Å². The van der Waals surface area contributed by atoms with Gasteiger partial charge in [-0.05, 0) is 51.3 Å². The molecule has 1 aromatic carbocycles. The smallest absolute Gasteiger partial charge is 0.407 e. The van der Waals surface area contributed by atoms with Crippen molar-refractivity contribution in [3.05, 3.63) is 35.6 Å². The fourth-order valence-corrected chi connectivity index (χ4v) is 3.27. The number of nitrogens with one attached hydrogen (secondary N) is 3. The average molecular weight is 409 g/mol. The molecule has 162 valence electrons. The maximum atomic E-state index is 13.4. The first-order chi connectivity index (χ1) is 13.7. The van der Waals surface area contributed by atoms with E-state index in [4.69, 9.17) is 9.47 Å². The van der Waals surface area contributed by atoms with E-state index in [9.17, 15) is 9.18 Å². The topological polar surface area (TPSA) is 84.0 Å². The Morgan fingerprint density at radius 2 is 1.76 bits per heavy atom. The van der Waals surface area contributed by atoms with Crippen molar-refractivity contribution in [1.82, 2.24) is 16.0 Å². The summed E-state index contributed by atoms with van der Waals surface area (Å²) in [7, 11) is 1.70. The quantitative estimate of drug-likeness (QED) is 0.383. The molecule has 1 aromatic rings. The predicted molar refractivity (Wildman–Crippen MR) is 112 cm³/mol. The lowest BCUT2D eigenvalue weighted by Gasteiger charge is -2.38. The van der Waals surface area contributed by atoms with Gasteiger partial charge in [0, 0.05) is 45.3 Å². The maximum absolute atomic E-state index is 13.4. The Morgan fingerprint density at radius 3 is 2.34 bits per heavy atom. The number of guanidine groups is 1. The van der Waals surface area contributed by atoms with Gasteiger partial charge >= 0.3 is 6.09 Å². The van der Waals surface area contributed by atoms with Crippen molar-refractivity contribution in [1.29, 1.82) is 0 Å². The van der Waals surface area contributed by atoms with Gasteiger partial charge in [0.25, 0.3) is 0 Å². The van der Waals surface area contributed by atoms with Gasteiger partial charge in [0.2, 0.25) is 0 Å². The number of nitrogens with zero attached hydrogens (tertiary/aromatic N) is 1. The molecular formula is C21H33FN4O3. The second-order valence-electron chi connectivity index (χ2n) is 8.18. The molecule has 3 N–H and O–H groups in total. The molecule has 7 nitrogen and oxygen atoms in total. The van der Waals surface area contributed by atoms with Gasteiger partial charge in [-0.25, -0.2) is 9.18 Å². The fraction of sp³-hybridized carbons (Fsp3) is 0.619. The molecule has 0 unspecified atom stereocenters. The van der Waals surface area contributed by atoms with E-state index in [1.54, 1.807) is 7.05 Å². The lowest BCUT2D eigenvalue weighted by Crippen LogP contribution is -2.49. The first-order valence-electron chi connectivity index (χ1n) is 9.99. The summed E-state index contributed by atoms with van der Waals surface area (Å²) in [5, 5.41) is 9.25. The van der Waals surface area contributed by atoms with Crippen molar-refractivity contribution >= 4 is 12.1 Å². The highest BCUT2D eigenvalue weighted by Gasteiger charge is 2.34. The Morgan fingerprint density at radius 1 is 1.14 bits per heavy atom. The Hall–Kier alpha value is -2.35. The summed E-state index contributed by atoms with van der Waals surface area (Å²) in [4.78, 5) is 15.9. The monoisotopic (exact) mass is 408 g/mol. The van der Waals surface area contributed by atoms with E-state index in [-0.39, 0.29) is 11.2 Å². The van der Waals surface area contributed by atoms with Gasteiger partial charge in [-0.3, -0.25) is 4.99 Å². The first kappa shape index (κ1) is 22.9. The fourth-order valence-electron chi connectivity index (χ4n) is 3.27.